The van der Waals surface area contributed by atoms with Gasteiger partial charge in [0.2, 0.25) is 0 Å². The van der Waals surface area contributed by atoms with E-state index in [9.17, 15) is 0 Å². The SMILES string of the molecule is c1ccc(CN=NNc2ccccc2)cc1. The van der Waals surface area contributed by atoms with E-state index in [4.69, 9.17) is 0 Å². The summed E-state index contributed by atoms with van der Waals surface area (Å²) in [5.74, 6) is 0. The second-order valence-corrected chi connectivity index (χ2v) is 3.36. The lowest BCUT2D eigenvalue weighted by Gasteiger charge is -1.97. The van der Waals surface area contributed by atoms with Crippen molar-refractivity contribution in [3.63, 3.8) is 0 Å². The van der Waals surface area contributed by atoms with Crippen molar-refractivity contribution in [2.24, 2.45) is 10.3 Å². The fraction of sp³-hybridized carbons (Fsp3) is 0.0769. The van der Waals surface area contributed by atoms with E-state index in [0.29, 0.717) is 6.54 Å². The number of anilines is 1. The fourth-order valence-electron chi connectivity index (χ4n) is 1.31. The molecule has 2 rings (SSSR count). The predicted octanol–water partition coefficient (Wildman–Crippen LogP) is 3.67. The largest absolute Gasteiger partial charge is 0.260 e. The van der Waals surface area contributed by atoms with E-state index in [-0.39, 0.29) is 0 Å². The molecule has 1 N–H and O–H groups in total. The van der Waals surface area contributed by atoms with Crippen LogP contribution in [0.15, 0.2) is 71.0 Å². The molecule has 80 valence electrons. The maximum absolute atomic E-state index is 4.05. The molecule has 0 aliphatic rings. The Morgan fingerprint density at radius 1 is 0.812 bits per heavy atom. The molecule has 0 unspecified atom stereocenters. The van der Waals surface area contributed by atoms with Gasteiger partial charge in [-0.2, -0.15) is 5.11 Å². The molecule has 0 bridgehead atoms. The highest BCUT2D eigenvalue weighted by molar-refractivity contribution is 5.41. The minimum atomic E-state index is 0.598. The zero-order valence-electron chi connectivity index (χ0n) is 8.88. The van der Waals surface area contributed by atoms with Gasteiger partial charge in [-0.3, -0.25) is 5.43 Å². The third kappa shape index (κ3) is 3.20. The quantitative estimate of drug-likeness (QED) is 0.608. The van der Waals surface area contributed by atoms with Crippen molar-refractivity contribution in [3.8, 4) is 0 Å². The first kappa shape index (κ1) is 10.4. The van der Waals surface area contributed by atoms with E-state index in [0.717, 1.165) is 11.3 Å². The van der Waals surface area contributed by atoms with Gasteiger partial charge in [0.05, 0.1) is 12.2 Å². The van der Waals surface area contributed by atoms with Gasteiger partial charge in [-0.05, 0) is 17.7 Å². The monoisotopic (exact) mass is 211 g/mol. The molecular weight excluding hydrogens is 198 g/mol. The first-order valence-corrected chi connectivity index (χ1v) is 5.16. The van der Waals surface area contributed by atoms with Gasteiger partial charge in [-0.1, -0.05) is 53.8 Å². The van der Waals surface area contributed by atoms with Crippen LogP contribution in [0.4, 0.5) is 5.69 Å². The summed E-state index contributed by atoms with van der Waals surface area (Å²) in [6.45, 7) is 0.598. The van der Waals surface area contributed by atoms with Gasteiger partial charge in [0.25, 0.3) is 0 Å². The Morgan fingerprint density at radius 3 is 2.12 bits per heavy atom. The lowest BCUT2D eigenvalue weighted by molar-refractivity contribution is 0.925. The Morgan fingerprint density at radius 2 is 1.44 bits per heavy atom. The van der Waals surface area contributed by atoms with Gasteiger partial charge in [-0.25, -0.2) is 0 Å². The van der Waals surface area contributed by atoms with Gasteiger partial charge in [-0.15, -0.1) is 0 Å². The van der Waals surface area contributed by atoms with Crippen LogP contribution in [0.1, 0.15) is 5.56 Å². The fourth-order valence-corrected chi connectivity index (χ4v) is 1.31. The maximum atomic E-state index is 4.05. The Kier molecular flexibility index (Phi) is 3.66. The smallest absolute Gasteiger partial charge is 0.0870 e. The lowest BCUT2D eigenvalue weighted by atomic mass is 10.2. The molecule has 0 heterocycles. The topological polar surface area (TPSA) is 36.8 Å². The standard InChI is InChI=1S/C13H13N3/c1-3-7-12(8-4-1)11-14-16-15-13-9-5-2-6-10-13/h1-10H,11H2,(H,14,15). The van der Waals surface area contributed by atoms with E-state index >= 15 is 0 Å². The highest BCUT2D eigenvalue weighted by atomic mass is 15.4. The normalized spacial score (nSPS) is 10.5. The third-order valence-electron chi connectivity index (χ3n) is 2.12. The zero-order valence-corrected chi connectivity index (χ0v) is 8.88. The van der Waals surface area contributed by atoms with Crippen molar-refractivity contribution >= 4 is 5.69 Å². The van der Waals surface area contributed by atoms with Crippen LogP contribution in [0.2, 0.25) is 0 Å². The van der Waals surface area contributed by atoms with Crippen LogP contribution in [-0.2, 0) is 6.54 Å². The summed E-state index contributed by atoms with van der Waals surface area (Å²) < 4.78 is 0. The number of para-hydroxylation sites is 1. The average Bonchev–Trinajstić information content (AvgIpc) is 2.37. The highest BCUT2D eigenvalue weighted by Crippen LogP contribution is 2.05. The summed E-state index contributed by atoms with van der Waals surface area (Å²) in [6, 6.07) is 19.8. The summed E-state index contributed by atoms with van der Waals surface area (Å²) in [6.07, 6.45) is 0. The Hall–Kier alpha value is -2.16. The van der Waals surface area contributed by atoms with E-state index in [1.54, 1.807) is 0 Å². The molecule has 2 aromatic carbocycles. The van der Waals surface area contributed by atoms with Crippen LogP contribution in [0.3, 0.4) is 0 Å². The number of nitrogens with zero attached hydrogens (tertiary/aromatic N) is 2. The molecule has 0 saturated carbocycles. The van der Waals surface area contributed by atoms with Crippen LogP contribution < -0.4 is 5.43 Å². The summed E-state index contributed by atoms with van der Waals surface area (Å²) in [4.78, 5) is 0. The van der Waals surface area contributed by atoms with E-state index in [2.05, 4.69) is 15.8 Å². The minimum Gasteiger partial charge on any atom is -0.260 e. The second kappa shape index (κ2) is 5.66. The predicted molar refractivity (Wildman–Crippen MR) is 65.1 cm³/mol. The van der Waals surface area contributed by atoms with Gasteiger partial charge in [0.15, 0.2) is 0 Å². The van der Waals surface area contributed by atoms with E-state index < -0.39 is 0 Å². The van der Waals surface area contributed by atoms with E-state index in [1.165, 1.54) is 0 Å². The Balaban J connectivity index is 1.83. The molecule has 0 atom stereocenters. The summed E-state index contributed by atoms with van der Waals surface area (Å²) in [7, 11) is 0. The van der Waals surface area contributed by atoms with Crippen LogP contribution in [0.25, 0.3) is 0 Å². The molecule has 2 aromatic rings. The van der Waals surface area contributed by atoms with Crippen molar-refractivity contribution in [2.75, 3.05) is 5.43 Å². The second-order valence-electron chi connectivity index (χ2n) is 3.36. The van der Waals surface area contributed by atoms with Gasteiger partial charge >= 0.3 is 0 Å². The van der Waals surface area contributed by atoms with Crippen LogP contribution in [0, 0.1) is 0 Å². The molecule has 0 aliphatic carbocycles. The molecule has 16 heavy (non-hydrogen) atoms. The first-order chi connectivity index (χ1) is 7.95. The van der Waals surface area contributed by atoms with Crippen molar-refractivity contribution in [1.29, 1.82) is 0 Å². The highest BCUT2D eigenvalue weighted by Gasteiger charge is 1.88. The molecule has 0 radical (unpaired) electrons. The number of hydrogen-bond donors (Lipinski definition) is 1. The van der Waals surface area contributed by atoms with E-state index in [1.807, 2.05) is 60.7 Å². The van der Waals surface area contributed by atoms with Crippen LogP contribution in [-0.4, -0.2) is 0 Å². The molecule has 3 nitrogen and oxygen atoms in total. The van der Waals surface area contributed by atoms with Crippen molar-refractivity contribution in [3.05, 3.63) is 66.2 Å². The molecule has 0 aliphatic heterocycles. The molecule has 0 spiro atoms. The molecule has 0 amide bonds. The average molecular weight is 211 g/mol. The number of hydrogen-bond acceptors (Lipinski definition) is 2. The molecule has 0 fully saturated rings. The maximum Gasteiger partial charge on any atom is 0.0870 e. The zero-order chi connectivity index (χ0) is 11.1. The molecule has 0 saturated heterocycles. The first-order valence-electron chi connectivity index (χ1n) is 5.16. The van der Waals surface area contributed by atoms with Crippen LogP contribution in [0.5, 0.6) is 0 Å². The Labute approximate surface area is 94.8 Å². The van der Waals surface area contributed by atoms with Gasteiger partial charge in [0, 0.05) is 0 Å². The summed E-state index contributed by atoms with van der Waals surface area (Å²) in [5, 5.41) is 7.96. The number of benzene rings is 2. The van der Waals surface area contributed by atoms with Gasteiger partial charge in [0.1, 0.15) is 0 Å². The molecule has 0 aromatic heterocycles. The molecular formula is C13H13N3. The lowest BCUT2D eigenvalue weighted by Crippen LogP contribution is -1.86. The summed E-state index contributed by atoms with van der Waals surface area (Å²) in [5.41, 5.74) is 4.97. The molecule has 3 heteroatoms. The van der Waals surface area contributed by atoms with Crippen LogP contribution >= 0.6 is 0 Å². The van der Waals surface area contributed by atoms with Crippen molar-refractivity contribution in [2.45, 2.75) is 6.54 Å². The number of nitrogens with one attached hydrogen (secondary N) is 1. The third-order valence-corrected chi connectivity index (χ3v) is 2.12. The summed E-state index contributed by atoms with van der Waals surface area (Å²) >= 11 is 0. The minimum absolute atomic E-state index is 0.598. The van der Waals surface area contributed by atoms with Gasteiger partial charge < -0.3 is 0 Å². The van der Waals surface area contributed by atoms with Crippen molar-refractivity contribution in [1.82, 2.24) is 0 Å². The Bertz CT molecular complexity index is 394. The number of rotatable bonds is 4. The van der Waals surface area contributed by atoms with Crippen molar-refractivity contribution < 1.29 is 0 Å².